The molecule has 0 aliphatic heterocycles. The summed E-state index contributed by atoms with van der Waals surface area (Å²) in [6.45, 7) is 0. The normalized spacial score (nSPS) is 11.6. The van der Waals surface area contributed by atoms with Gasteiger partial charge in [-0.3, -0.25) is 5.10 Å². The van der Waals surface area contributed by atoms with Gasteiger partial charge in [-0.25, -0.2) is 13.4 Å². The van der Waals surface area contributed by atoms with Gasteiger partial charge in [0, 0.05) is 30.1 Å². The number of pyridine rings is 1. The number of H-pyrrole nitrogens is 1. The van der Waals surface area contributed by atoms with E-state index in [-0.39, 0.29) is 4.90 Å². The van der Waals surface area contributed by atoms with Crippen LogP contribution < -0.4 is 9.47 Å². The van der Waals surface area contributed by atoms with Crippen LogP contribution in [0, 0.1) is 0 Å². The lowest BCUT2D eigenvalue weighted by Gasteiger charge is -2.14. The van der Waals surface area contributed by atoms with Gasteiger partial charge in [-0.05, 0) is 29.3 Å². The fourth-order valence-electron chi connectivity index (χ4n) is 3.23. The van der Waals surface area contributed by atoms with Crippen molar-refractivity contribution < 1.29 is 17.9 Å². The number of benzene rings is 2. The average Bonchev–Trinajstić information content (AvgIpc) is 3.26. The highest BCUT2D eigenvalue weighted by molar-refractivity contribution is 7.90. The number of hydrogen-bond acceptors (Lipinski definition) is 6. The fourth-order valence-corrected chi connectivity index (χ4v) is 3.86. The molecule has 0 radical (unpaired) electrons. The van der Waals surface area contributed by atoms with Crippen LogP contribution in [-0.2, 0) is 9.84 Å². The van der Waals surface area contributed by atoms with E-state index in [1.54, 1.807) is 56.9 Å². The van der Waals surface area contributed by atoms with Crippen LogP contribution in [0.2, 0.25) is 0 Å². The lowest BCUT2D eigenvalue weighted by Crippen LogP contribution is -1.97. The number of nitrogens with zero attached hydrogens (tertiary/aromatic N) is 2. The van der Waals surface area contributed by atoms with Gasteiger partial charge >= 0.3 is 0 Å². The summed E-state index contributed by atoms with van der Waals surface area (Å²) < 4.78 is 34.6. The molecule has 148 valence electrons. The Kier molecular flexibility index (Phi) is 4.71. The van der Waals surface area contributed by atoms with E-state index in [0.717, 1.165) is 27.8 Å². The van der Waals surface area contributed by atoms with E-state index in [1.807, 2.05) is 12.1 Å². The molecule has 0 bridgehead atoms. The quantitative estimate of drug-likeness (QED) is 0.540. The van der Waals surface area contributed by atoms with Gasteiger partial charge in [-0.2, -0.15) is 5.10 Å². The molecule has 0 aliphatic carbocycles. The molecule has 2 aromatic heterocycles. The zero-order valence-corrected chi connectivity index (χ0v) is 16.9. The lowest BCUT2D eigenvalue weighted by atomic mass is 9.98. The fraction of sp³-hybridized carbons (Fsp3) is 0.143. The van der Waals surface area contributed by atoms with Gasteiger partial charge in [0.25, 0.3) is 0 Å². The Morgan fingerprint density at radius 2 is 1.72 bits per heavy atom. The maximum absolute atomic E-state index is 11.8. The van der Waals surface area contributed by atoms with Crippen LogP contribution in [0.5, 0.6) is 11.5 Å². The van der Waals surface area contributed by atoms with Crippen LogP contribution in [0.3, 0.4) is 0 Å². The molecule has 8 heteroatoms. The minimum Gasteiger partial charge on any atom is -0.497 e. The van der Waals surface area contributed by atoms with Crippen LogP contribution in [0.1, 0.15) is 0 Å². The van der Waals surface area contributed by atoms with Gasteiger partial charge in [0.1, 0.15) is 11.5 Å². The number of nitrogens with one attached hydrogen (secondary N) is 1. The van der Waals surface area contributed by atoms with Crippen LogP contribution in [-0.4, -0.2) is 44.1 Å². The Morgan fingerprint density at radius 3 is 2.31 bits per heavy atom. The van der Waals surface area contributed by atoms with Crippen molar-refractivity contribution in [1.29, 1.82) is 0 Å². The summed E-state index contributed by atoms with van der Waals surface area (Å²) in [6.07, 6.45) is 4.65. The van der Waals surface area contributed by atoms with Gasteiger partial charge in [-0.15, -0.1) is 0 Å². The van der Waals surface area contributed by atoms with E-state index in [2.05, 4.69) is 10.2 Å². The minimum absolute atomic E-state index is 0.267. The number of fused-ring (bicyclic) bond motifs is 1. The first-order chi connectivity index (χ1) is 13.9. The SMILES string of the molecule is COc1cc(OC)c2c(-c3ccc(S(C)(=O)=O)cc3)cc(-c3cn[nH]c3)nc2c1. The molecule has 0 aliphatic rings. The molecule has 0 unspecified atom stereocenters. The largest absolute Gasteiger partial charge is 0.497 e. The van der Waals surface area contributed by atoms with Crippen molar-refractivity contribution in [2.24, 2.45) is 0 Å². The maximum atomic E-state index is 11.8. The molecule has 0 saturated carbocycles. The van der Waals surface area contributed by atoms with E-state index >= 15 is 0 Å². The number of aromatic nitrogens is 3. The number of ether oxygens (including phenoxy) is 2. The number of aromatic amines is 1. The van der Waals surface area contributed by atoms with Crippen molar-refractivity contribution in [2.75, 3.05) is 20.5 Å². The van der Waals surface area contributed by atoms with Crippen molar-refractivity contribution in [3.8, 4) is 33.9 Å². The third-order valence-corrected chi connectivity index (χ3v) is 5.82. The Bertz CT molecular complexity index is 1280. The summed E-state index contributed by atoms with van der Waals surface area (Å²) in [6, 6.07) is 12.4. The molecule has 2 aromatic carbocycles. The van der Waals surface area contributed by atoms with E-state index in [0.29, 0.717) is 17.0 Å². The Balaban J connectivity index is 2.02. The molecule has 1 N–H and O–H groups in total. The van der Waals surface area contributed by atoms with E-state index in [9.17, 15) is 8.42 Å². The molecule has 4 rings (SSSR count). The highest BCUT2D eigenvalue weighted by atomic mass is 32.2. The number of methoxy groups -OCH3 is 2. The number of rotatable bonds is 5. The minimum atomic E-state index is -3.28. The van der Waals surface area contributed by atoms with Gasteiger partial charge in [0.05, 0.1) is 41.9 Å². The number of hydrogen-bond donors (Lipinski definition) is 1. The van der Waals surface area contributed by atoms with Gasteiger partial charge in [0.2, 0.25) is 0 Å². The third kappa shape index (κ3) is 3.54. The van der Waals surface area contributed by atoms with E-state index in [1.165, 1.54) is 6.26 Å². The first-order valence-electron chi connectivity index (χ1n) is 8.77. The highest BCUT2D eigenvalue weighted by Crippen LogP contribution is 2.39. The summed E-state index contributed by atoms with van der Waals surface area (Å²) in [5.74, 6) is 1.25. The predicted molar refractivity (Wildman–Crippen MR) is 111 cm³/mol. The molecular weight excluding hydrogens is 390 g/mol. The summed E-state index contributed by atoms with van der Waals surface area (Å²) in [5.41, 5.74) is 3.97. The van der Waals surface area contributed by atoms with Crippen molar-refractivity contribution in [3.05, 3.63) is 54.9 Å². The van der Waals surface area contributed by atoms with E-state index < -0.39 is 9.84 Å². The van der Waals surface area contributed by atoms with Crippen molar-refractivity contribution >= 4 is 20.7 Å². The highest BCUT2D eigenvalue weighted by Gasteiger charge is 2.16. The zero-order valence-electron chi connectivity index (χ0n) is 16.1. The summed E-state index contributed by atoms with van der Waals surface area (Å²) >= 11 is 0. The van der Waals surface area contributed by atoms with Crippen LogP contribution in [0.25, 0.3) is 33.3 Å². The summed E-state index contributed by atoms with van der Waals surface area (Å²) in [5, 5.41) is 7.62. The third-order valence-electron chi connectivity index (χ3n) is 4.69. The topological polar surface area (TPSA) is 94.2 Å². The first kappa shape index (κ1) is 18.9. The molecule has 0 amide bonds. The summed E-state index contributed by atoms with van der Waals surface area (Å²) in [7, 11) is -0.0950. The van der Waals surface area contributed by atoms with Gasteiger partial charge in [-0.1, -0.05) is 12.1 Å². The molecule has 0 fully saturated rings. The average molecular weight is 409 g/mol. The standard InChI is InChI=1S/C21H19N3O4S/c1-27-15-8-19-21(20(9-15)28-2)17(10-18(24-19)14-11-22-23-12-14)13-4-6-16(7-5-13)29(3,25)26/h4-12H,1-3H3,(H,22,23). The van der Waals surface area contributed by atoms with Crippen molar-refractivity contribution in [2.45, 2.75) is 4.90 Å². The lowest BCUT2D eigenvalue weighted by molar-refractivity contribution is 0.398. The van der Waals surface area contributed by atoms with Crippen LogP contribution in [0.15, 0.2) is 59.8 Å². The monoisotopic (exact) mass is 409 g/mol. The second kappa shape index (κ2) is 7.21. The van der Waals surface area contributed by atoms with Crippen LogP contribution in [0.4, 0.5) is 0 Å². The van der Waals surface area contributed by atoms with Gasteiger partial charge < -0.3 is 9.47 Å². The second-order valence-electron chi connectivity index (χ2n) is 6.56. The molecule has 2 heterocycles. The van der Waals surface area contributed by atoms with E-state index in [4.69, 9.17) is 14.5 Å². The molecule has 0 saturated heterocycles. The maximum Gasteiger partial charge on any atom is 0.175 e. The Labute approximate surface area is 168 Å². The zero-order chi connectivity index (χ0) is 20.6. The Morgan fingerprint density at radius 1 is 0.966 bits per heavy atom. The number of sulfone groups is 1. The molecular formula is C21H19N3O4S. The van der Waals surface area contributed by atoms with Crippen molar-refractivity contribution in [3.63, 3.8) is 0 Å². The molecule has 4 aromatic rings. The van der Waals surface area contributed by atoms with Crippen molar-refractivity contribution in [1.82, 2.24) is 15.2 Å². The Hall–Kier alpha value is -3.39. The molecule has 7 nitrogen and oxygen atoms in total. The predicted octanol–water partition coefficient (Wildman–Crippen LogP) is 3.71. The smallest absolute Gasteiger partial charge is 0.175 e. The summed E-state index contributed by atoms with van der Waals surface area (Å²) in [4.78, 5) is 5.03. The molecule has 0 atom stereocenters. The second-order valence-corrected chi connectivity index (χ2v) is 8.58. The molecule has 0 spiro atoms. The van der Waals surface area contributed by atoms with Crippen LogP contribution >= 0.6 is 0 Å². The van der Waals surface area contributed by atoms with Gasteiger partial charge in [0.15, 0.2) is 9.84 Å². The molecule has 29 heavy (non-hydrogen) atoms. The first-order valence-corrected chi connectivity index (χ1v) is 10.7.